The maximum Gasteiger partial charge on any atom is 0.254 e. The smallest absolute Gasteiger partial charge is 0.254 e. The standard InChI is InChI=1S/C23H26N4O/c1-16(2)27(21-8-4-6-18-7-5-11-25-22(18)21)23(28)20-10-9-19(14-17(20)3)26-13-12-24-15-26/h5,7,9-16,21H,4,6,8H2,1-3H3. The summed E-state index contributed by atoms with van der Waals surface area (Å²) in [5.74, 6) is 0.0770. The molecule has 28 heavy (non-hydrogen) atoms. The number of hydrogen-bond acceptors (Lipinski definition) is 3. The van der Waals surface area contributed by atoms with E-state index >= 15 is 0 Å². The summed E-state index contributed by atoms with van der Waals surface area (Å²) >= 11 is 0. The number of fused-ring (bicyclic) bond motifs is 1. The first-order valence-electron chi connectivity index (χ1n) is 9.91. The normalized spacial score (nSPS) is 16.1. The number of carbonyl (C=O) groups excluding carboxylic acids is 1. The molecule has 2 aromatic heterocycles. The van der Waals surface area contributed by atoms with E-state index in [1.807, 2.05) is 53.0 Å². The van der Waals surface area contributed by atoms with E-state index in [4.69, 9.17) is 0 Å². The van der Waals surface area contributed by atoms with Crippen LogP contribution in [0.25, 0.3) is 5.69 Å². The quantitative estimate of drug-likeness (QED) is 0.675. The lowest BCUT2D eigenvalue weighted by Crippen LogP contribution is -2.42. The van der Waals surface area contributed by atoms with Crippen LogP contribution in [-0.2, 0) is 6.42 Å². The van der Waals surface area contributed by atoms with E-state index < -0.39 is 0 Å². The van der Waals surface area contributed by atoms with Crippen LogP contribution in [-0.4, -0.2) is 31.4 Å². The van der Waals surface area contributed by atoms with Crippen molar-refractivity contribution in [2.75, 3.05) is 0 Å². The van der Waals surface area contributed by atoms with Gasteiger partial charge >= 0.3 is 0 Å². The summed E-state index contributed by atoms with van der Waals surface area (Å²) in [6.45, 7) is 6.17. The molecule has 3 aromatic rings. The second-order valence-electron chi connectivity index (χ2n) is 7.73. The lowest BCUT2D eigenvalue weighted by Gasteiger charge is -2.38. The van der Waals surface area contributed by atoms with E-state index in [9.17, 15) is 4.79 Å². The van der Waals surface area contributed by atoms with Crippen molar-refractivity contribution in [2.24, 2.45) is 0 Å². The van der Waals surface area contributed by atoms with Crippen LogP contribution in [0, 0.1) is 6.92 Å². The number of rotatable bonds is 4. The molecular formula is C23H26N4O. The predicted octanol–water partition coefficient (Wildman–Crippen LogP) is 4.50. The van der Waals surface area contributed by atoms with Gasteiger partial charge < -0.3 is 9.47 Å². The number of imidazole rings is 1. The molecule has 0 saturated carbocycles. The first-order valence-corrected chi connectivity index (χ1v) is 9.91. The van der Waals surface area contributed by atoms with Gasteiger partial charge in [0, 0.05) is 35.9 Å². The topological polar surface area (TPSA) is 51.0 Å². The number of pyridine rings is 1. The van der Waals surface area contributed by atoms with Gasteiger partial charge in [0.25, 0.3) is 5.91 Å². The molecule has 1 atom stereocenters. The van der Waals surface area contributed by atoms with Gasteiger partial charge in [-0.3, -0.25) is 9.78 Å². The summed E-state index contributed by atoms with van der Waals surface area (Å²) in [5.41, 5.74) is 5.06. The molecule has 1 aromatic carbocycles. The fourth-order valence-corrected chi connectivity index (χ4v) is 4.19. The maximum absolute atomic E-state index is 13.6. The molecule has 1 amide bonds. The van der Waals surface area contributed by atoms with Gasteiger partial charge in [-0.05, 0) is 75.4 Å². The lowest BCUT2D eigenvalue weighted by atomic mass is 9.89. The molecular weight excluding hydrogens is 348 g/mol. The molecule has 0 aliphatic heterocycles. The molecule has 0 saturated heterocycles. The highest BCUT2D eigenvalue weighted by Gasteiger charge is 2.33. The molecule has 0 N–H and O–H groups in total. The third-order valence-corrected chi connectivity index (χ3v) is 5.53. The van der Waals surface area contributed by atoms with Crippen molar-refractivity contribution < 1.29 is 4.79 Å². The van der Waals surface area contributed by atoms with E-state index in [-0.39, 0.29) is 18.0 Å². The van der Waals surface area contributed by atoms with Crippen molar-refractivity contribution in [3.63, 3.8) is 0 Å². The molecule has 0 spiro atoms. The Balaban J connectivity index is 1.69. The van der Waals surface area contributed by atoms with E-state index in [0.717, 1.165) is 41.8 Å². The van der Waals surface area contributed by atoms with E-state index in [1.165, 1.54) is 5.56 Å². The van der Waals surface area contributed by atoms with Crippen molar-refractivity contribution in [3.8, 4) is 5.69 Å². The van der Waals surface area contributed by atoms with Gasteiger partial charge in [0.05, 0.1) is 18.1 Å². The first kappa shape index (κ1) is 18.4. The van der Waals surface area contributed by atoms with Crippen LogP contribution >= 0.6 is 0 Å². The fourth-order valence-electron chi connectivity index (χ4n) is 4.19. The predicted molar refractivity (Wildman–Crippen MR) is 110 cm³/mol. The Labute approximate surface area is 166 Å². The average Bonchev–Trinajstić information content (AvgIpc) is 3.23. The maximum atomic E-state index is 13.6. The lowest BCUT2D eigenvalue weighted by molar-refractivity contribution is 0.0575. The van der Waals surface area contributed by atoms with Gasteiger partial charge in [0.15, 0.2) is 0 Å². The number of aromatic nitrogens is 3. The summed E-state index contributed by atoms with van der Waals surface area (Å²) in [4.78, 5) is 24.4. The summed E-state index contributed by atoms with van der Waals surface area (Å²) in [6, 6.07) is 10.2. The van der Waals surface area contributed by atoms with Crippen LogP contribution in [0.1, 0.15) is 59.9 Å². The molecule has 1 aliphatic carbocycles. The number of aryl methyl sites for hydroxylation is 2. The molecule has 2 heterocycles. The minimum Gasteiger partial charge on any atom is -0.328 e. The molecule has 5 nitrogen and oxygen atoms in total. The Morgan fingerprint density at radius 2 is 2.11 bits per heavy atom. The number of benzene rings is 1. The molecule has 4 rings (SSSR count). The van der Waals surface area contributed by atoms with E-state index in [2.05, 4.69) is 29.9 Å². The highest BCUT2D eigenvalue weighted by Crippen LogP contribution is 2.35. The van der Waals surface area contributed by atoms with Crippen LogP contribution in [0.3, 0.4) is 0 Å². The number of amides is 1. The molecule has 144 valence electrons. The first-order chi connectivity index (χ1) is 13.6. The van der Waals surface area contributed by atoms with E-state index in [1.54, 1.807) is 12.5 Å². The van der Waals surface area contributed by atoms with E-state index in [0.29, 0.717) is 0 Å². The van der Waals surface area contributed by atoms with Crippen molar-refractivity contribution in [1.29, 1.82) is 0 Å². The molecule has 0 fully saturated rings. The molecule has 5 heteroatoms. The molecule has 1 aliphatic rings. The van der Waals surface area contributed by atoms with Crippen LogP contribution in [0.15, 0.2) is 55.2 Å². The minimum absolute atomic E-state index is 0.0326. The minimum atomic E-state index is 0.0326. The number of nitrogens with zero attached hydrogens (tertiary/aromatic N) is 4. The number of carbonyl (C=O) groups is 1. The molecule has 0 bridgehead atoms. The van der Waals surface area contributed by atoms with Gasteiger partial charge in [0.1, 0.15) is 0 Å². The monoisotopic (exact) mass is 374 g/mol. The third-order valence-electron chi connectivity index (χ3n) is 5.53. The highest BCUT2D eigenvalue weighted by molar-refractivity contribution is 5.96. The summed E-state index contributed by atoms with van der Waals surface area (Å²) in [5, 5.41) is 0. The Bertz CT molecular complexity index is 978. The summed E-state index contributed by atoms with van der Waals surface area (Å²) in [6.07, 6.45) is 10.3. The van der Waals surface area contributed by atoms with Crippen LogP contribution in [0.5, 0.6) is 0 Å². The van der Waals surface area contributed by atoms with Crippen LogP contribution in [0.4, 0.5) is 0 Å². The van der Waals surface area contributed by atoms with Crippen molar-refractivity contribution in [2.45, 2.75) is 52.1 Å². The average molecular weight is 374 g/mol. The Hall–Kier alpha value is -2.95. The molecule has 1 unspecified atom stereocenters. The third kappa shape index (κ3) is 3.33. The largest absolute Gasteiger partial charge is 0.328 e. The van der Waals surface area contributed by atoms with Gasteiger partial charge in [0.2, 0.25) is 0 Å². The van der Waals surface area contributed by atoms with Crippen molar-refractivity contribution in [3.05, 3.63) is 77.6 Å². The zero-order valence-corrected chi connectivity index (χ0v) is 16.7. The van der Waals surface area contributed by atoms with Gasteiger partial charge in [-0.15, -0.1) is 0 Å². The second-order valence-corrected chi connectivity index (χ2v) is 7.73. The Kier molecular flexibility index (Phi) is 4.99. The SMILES string of the molecule is Cc1cc(-n2ccnc2)ccc1C(=O)N(C(C)C)C1CCCc2cccnc21. The van der Waals surface area contributed by atoms with Crippen LogP contribution in [0.2, 0.25) is 0 Å². The van der Waals surface area contributed by atoms with Crippen molar-refractivity contribution >= 4 is 5.91 Å². The van der Waals surface area contributed by atoms with Gasteiger partial charge in [-0.1, -0.05) is 6.07 Å². The van der Waals surface area contributed by atoms with Crippen molar-refractivity contribution in [1.82, 2.24) is 19.4 Å². The zero-order chi connectivity index (χ0) is 19.7. The fraction of sp³-hybridized carbons (Fsp3) is 0.348. The second kappa shape index (κ2) is 7.58. The Morgan fingerprint density at radius 3 is 2.82 bits per heavy atom. The van der Waals surface area contributed by atoms with Gasteiger partial charge in [-0.2, -0.15) is 0 Å². The summed E-state index contributed by atoms with van der Waals surface area (Å²) in [7, 11) is 0. The molecule has 0 radical (unpaired) electrons. The zero-order valence-electron chi connectivity index (χ0n) is 16.7. The van der Waals surface area contributed by atoms with Crippen LogP contribution < -0.4 is 0 Å². The summed E-state index contributed by atoms with van der Waals surface area (Å²) < 4.78 is 1.95. The van der Waals surface area contributed by atoms with Gasteiger partial charge in [-0.25, -0.2) is 4.98 Å². The number of hydrogen-bond donors (Lipinski definition) is 0. The Morgan fingerprint density at radius 1 is 1.25 bits per heavy atom. The highest BCUT2D eigenvalue weighted by atomic mass is 16.2.